The Hall–Kier alpha value is -0.940. The van der Waals surface area contributed by atoms with Crippen molar-refractivity contribution in [3.05, 3.63) is 62.8 Å². The van der Waals surface area contributed by atoms with Crippen molar-refractivity contribution >= 4 is 58.2 Å². The fraction of sp³-hybridized carbons (Fsp3) is 0.133. The van der Waals surface area contributed by atoms with Crippen molar-refractivity contribution in [3.63, 3.8) is 0 Å². The van der Waals surface area contributed by atoms with Gasteiger partial charge >= 0.3 is 0 Å². The van der Waals surface area contributed by atoms with Crippen molar-refractivity contribution in [2.45, 2.75) is 5.37 Å². The van der Waals surface area contributed by atoms with E-state index in [0.717, 1.165) is 0 Å². The Morgan fingerprint density at radius 1 is 1.14 bits per heavy atom. The van der Waals surface area contributed by atoms with Crippen molar-refractivity contribution < 1.29 is 9.18 Å². The zero-order valence-corrected chi connectivity index (χ0v) is 14.1. The van der Waals surface area contributed by atoms with Crippen LogP contribution in [0.15, 0.2) is 36.4 Å². The van der Waals surface area contributed by atoms with Gasteiger partial charge in [0.15, 0.2) is 0 Å². The highest BCUT2D eigenvalue weighted by molar-refractivity contribution is 8.00. The van der Waals surface area contributed by atoms with Gasteiger partial charge < -0.3 is 0 Å². The van der Waals surface area contributed by atoms with Crippen LogP contribution in [0.1, 0.15) is 10.9 Å². The normalized spacial score (nSPS) is 18.1. The number of benzene rings is 2. The van der Waals surface area contributed by atoms with Gasteiger partial charge in [0.2, 0.25) is 5.91 Å². The van der Waals surface area contributed by atoms with Crippen LogP contribution >= 0.6 is 46.6 Å². The molecule has 1 atom stereocenters. The molecule has 2 nitrogen and oxygen atoms in total. The summed E-state index contributed by atoms with van der Waals surface area (Å²) in [6.07, 6.45) is 0. The molecule has 0 spiro atoms. The van der Waals surface area contributed by atoms with Crippen LogP contribution in [0.3, 0.4) is 0 Å². The lowest BCUT2D eigenvalue weighted by Crippen LogP contribution is -2.28. The molecule has 114 valence electrons. The number of carbonyl (C=O) groups is 1. The van der Waals surface area contributed by atoms with Gasteiger partial charge in [-0.3, -0.25) is 9.69 Å². The molecule has 1 aliphatic rings. The SMILES string of the molecule is O=C1CS[C@H](c2c(F)cccc2Cl)N1c1cc(Cl)cc(Cl)c1. The Kier molecular flexibility index (Phi) is 4.55. The van der Waals surface area contributed by atoms with Gasteiger partial charge in [0.1, 0.15) is 11.2 Å². The van der Waals surface area contributed by atoms with Crippen LogP contribution < -0.4 is 4.90 Å². The van der Waals surface area contributed by atoms with Crippen LogP contribution in [0.2, 0.25) is 15.1 Å². The average Bonchev–Trinajstić information content (AvgIpc) is 2.79. The summed E-state index contributed by atoms with van der Waals surface area (Å²) in [6.45, 7) is 0. The fourth-order valence-corrected chi connectivity index (χ4v) is 4.42. The molecule has 3 rings (SSSR count). The second kappa shape index (κ2) is 6.28. The summed E-state index contributed by atoms with van der Waals surface area (Å²) in [5.41, 5.74) is 0.813. The summed E-state index contributed by atoms with van der Waals surface area (Å²) in [4.78, 5) is 13.7. The van der Waals surface area contributed by atoms with E-state index in [1.54, 1.807) is 24.3 Å². The summed E-state index contributed by atoms with van der Waals surface area (Å²) >= 11 is 19.4. The molecule has 1 saturated heterocycles. The van der Waals surface area contributed by atoms with Gasteiger partial charge in [-0.05, 0) is 30.3 Å². The van der Waals surface area contributed by atoms with Gasteiger partial charge in [-0.2, -0.15) is 0 Å². The standard InChI is InChI=1S/C15H9Cl3FNOS/c16-8-4-9(17)6-10(5-8)20-13(21)7-22-15(20)14-11(18)2-1-3-12(14)19/h1-6,15H,7H2/t15-/m1/s1. The van der Waals surface area contributed by atoms with Gasteiger partial charge in [0.25, 0.3) is 0 Å². The topological polar surface area (TPSA) is 20.3 Å². The zero-order chi connectivity index (χ0) is 15.9. The minimum atomic E-state index is -0.546. The highest BCUT2D eigenvalue weighted by Gasteiger charge is 2.37. The third-order valence-electron chi connectivity index (χ3n) is 3.24. The third-order valence-corrected chi connectivity index (χ3v) is 5.18. The third kappa shape index (κ3) is 2.93. The van der Waals surface area contributed by atoms with Crippen molar-refractivity contribution in [1.29, 1.82) is 0 Å². The lowest BCUT2D eigenvalue weighted by Gasteiger charge is -2.25. The average molecular weight is 377 g/mol. The maximum absolute atomic E-state index is 14.2. The fourth-order valence-electron chi connectivity index (χ4n) is 2.34. The number of hydrogen-bond donors (Lipinski definition) is 0. The minimum absolute atomic E-state index is 0.146. The molecule has 1 heterocycles. The van der Waals surface area contributed by atoms with E-state index < -0.39 is 11.2 Å². The van der Waals surface area contributed by atoms with E-state index >= 15 is 0 Å². The van der Waals surface area contributed by atoms with Crippen molar-refractivity contribution in [2.24, 2.45) is 0 Å². The summed E-state index contributed by atoms with van der Waals surface area (Å²) in [7, 11) is 0. The van der Waals surface area contributed by atoms with E-state index in [4.69, 9.17) is 34.8 Å². The molecule has 1 fully saturated rings. The molecule has 0 unspecified atom stereocenters. The number of nitrogens with zero attached hydrogens (tertiary/aromatic N) is 1. The van der Waals surface area contributed by atoms with Crippen molar-refractivity contribution in [3.8, 4) is 0 Å². The molecule has 0 N–H and O–H groups in total. The van der Waals surface area contributed by atoms with Crippen LogP contribution in [0.25, 0.3) is 0 Å². The van der Waals surface area contributed by atoms with E-state index in [0.29, 0.717) is 15.7 Å². The van der Waals surface area contributed by atoms with Crippen LogP contribution in [0, 0.1) is 5.82 Å². The molecule has 0 aromatic heterocycles. The predicted molar refractivity (Wildman–Crippen MR) is 90.6 cm³/mol. The first-order chi connectivity index (χ1) is 10.5. The Labute approximate surface area is 146 Å². The van der Waals surface area contributed by atoms with Crippen molar-refractivity contribution in [1.82, 2.24) is 0 Å². The number of carbonyl (C=O) groups excluding carboxylic acids is 1. The van der Waals surface area contributed by atoms with Gasteiger partial charge in [-0.15, -0.1) is 11.8 Å². The molecule has 2 aromatic carbocycles. The number of amides is 1. The summed E-state index contributed by atoms with van der Waals surface area (Å²) < 4.78 is 14.2. The molecular weight excluding hydrogens is 368 g/mol. The predicted octanol–water partition coefficient (Wildman–Crippen LogP) is 5.56. The number of anilines is 1. The van der Waals surface area contributed by atoms with E-state index in [9.17, 15) is 9.18 Å². The summed E-state index contributed by atoms with van der Waals surface area (Å²) in [5, 5.41) is 0.553. The minimum Gasteiger partial charge on any atom is -0.295 e. The van der Waals surface area contributed by atoms with Gasteiger partial charge in [0.05, 0.1) is 5.75 Å². The first-order valence-electron chi connectivity index (χ1n) is 6.31. The Morgan fingerprint density at radius 3 is 2.45 bits per heavy atom. The van der Waals surface area contributed by atoms with Crippen LogP contribution in [0.4, 0.5) is 10.1 Å². The Balaban J connectivity index is 2.10. The van der Waals surface area contributed by atoms with Gasteiger partial charge in [0, 0.05) is 26.3 Å². The molecule has 1 aliphatic heterocycles. The van der Waals surface area contributed by atoms with Crippen LogP contribution in [-0.2, 0) is 4.79 Å². The summed E-state index contributed by atoms with van der Waals surface area (Å²) in [6, 6.07) is 9.28. The number of thioether (sulfide) groups is 1. The Morgan fingerprint density at radius 2 is 1.82 bits per heavy atom. The van der Waals surface area contributed by atoms with E-state index in [2.05, 4.69) is 0 Å². The first kappa shape index (κ1) is 15.9. The van der Waals surface area contributed by atoms with Crippen LogP contribution in [-0.4, -0.2) is 11.7 Å². The van der Waals surface area contributed by atoms with E-state index in [1.165, 1.54) is 28.8 Å². The highest BCUT2D eigenvalue weighted by Crippen LogP contribution is 2.45. The van der Waals surface area contributed by atoms with Gasteiger partial charge in [-0.25, -0.2) is 4.39 Å². The maximum Gasteiger partial charge on any atom is 0.238 e. The highest BCUT2D eigenvalue weighted by atomic mass is 35.5. The zero-order valence-electron chi connectivity index (χ0n) is 11.0. The van der Waals surface area contributed by atoms with E-state index in [1.807, 2.05) is 0 Å². The molecule has 0 bridgehead atoms. The molecule has 0 saturated carbocycles. The number of hydrogen-bond acceptors (Lipinski definition) is 2. The molecule has 1 amide bonds. The lowest BCUT2D eigenvalue weighted by atomic mass is 10.1. The lowest BCUT2D eigenvalue weighted by molar-refractivity contribution is -0.115. The maximum atomic E-state index is 14.2. The van der Waals surface area contributed by atoms with Crippen molar-refractivity contribution in [2.75, 3.05) is 10.7 Å². The molecular formula is C15H9Cl3FNOS. The second-order valence-corrected chi connectivity index (χ2v) is 7.04. The summed E-state index contributed by atoms with van der Waals surface area (Å²) in [5.74, 6) is -0.357. The number of halogens is 4. The monoisotopic (exact) mass is 375 g/mol. The quantitative estimate of drug-likeness (QED) is 0.683. The van der Waals surface area contributed by atoms with E-state index in [-0.39, 0.29) is 22.2 Å². The van der Waals surface area contributed by atoms with Gasteiger partial charge in [-0.1, -0.05) is 40.9 Å². The molecule has 7 heteroatoms. The molecule has 0 radical (unpaired) electrons. The van der Waals surface area contributed by atoms with Crippen LogP contribution in [0.5, 0.6) is 0 Å². The number of rotatable bonds is 2. The Bertz CT molecular complexity index is 715. The smallest absolute Gasteiger partial charge is 0.238 e. The second-order valence-electron chi connectivity index (χ2n) is 4.69. The molecule has 0 aliphatic carbocycles. The first-order valence-corrected chi connectivity index (χ1v) is 8.49. The molecule has 2 aromatic rings. The molecule has 22 heavy (non-hydrogen) atoms. The largest absolute Gasteiger partial charge is 0.295 e.